The second-order valence-corrected chi connectivity index (χ2v) is 7.36. The van der Waals surface area contributed by atoms with Gasteiger partial charge in [0.1, 0.15) is 0 Å². The Morgan fingerprint density at radius 3 is 2.70 bits per heavy atom. The Labute approximate surface area is 195 Å². The van der Waals surface area contributed by atoms with Gasteiger partial charge in [-0.25, -0.2) is 0 Å². The Kier molecular flexibility index (Phi) is 8.12. The minimum Gasteiger partial charge on any atom is -0.369 e. The maximum Gasteiger partial charge on any atom is 0.191 e. The smallest absolute Gasteiger partial charge is 0.191 e. The summed E-state index contributed by atoms with van der Waals surface area (Å²) in [4.78, 5) is 6.83. The van der Waals surface area contributed by atoms with E-state index < -0.39 is 0 Å². The highest BCUT2D eigenvalue weighted by Crippen LogP contribution is 2.19. The minimum absolute atomic E-state index is 0. The first kappa shape index (κ1) is 22.1. The van der Waals surface area contributed by atoms with Crippen molar-refractivity contribution in [3.8, 4) is 0 Å². The number of halogens is 1. The number of nitrogens with zero attached hydrogens (tertiary/aromatic N) is 4. The van der Waals surface area contributed by atoms with Crippen LogP contribution in [0.5, 0.6) is 0 Å². The van der Waals surface area contributed by atoms with Crippen LogP contribution in [0.25, 0.3) is 0 Å². The van der Waals surface area contributed by atoms with Crippen LogP contribution in [-0.4, -0.2) is 41.9 Å². The lowest BCUT2D eigenvalue weighted by Crippen LogP contribution is -2.44. The molecular weight excluding hydrogens is 487 g/mol. The summed E-state index contributed by atoms with van der Waals surface area (Å²) in [5.74, 6) is 0.849. The fraction of sp³-hybridized carbons (Fsp3) is 0.304. The van der Waals surface area contributed by atoms with Crippen LogP contribution < -0.4 is 15.5 Å². The number of aromatic nitrogens is 2. The molecule has 1 aliphatic heterocycles. The highest BCUT2D eigenvalue weighted by atomic mass is 127. The molecule has 1 atom stereocenters. The molecule has 158 valence electrons. The molecule has 0 radical (unpaired) electrons. The van der Waals surface area contributed by atoms with Crippen LogP contribution >= 0.6 is 24.0 Å². The van der Waals surface area contributed by atoms with Crippen LogP contribution in [0, 0.1) is 0 Å². The number of nitrogens with one attached hydrogen (secondary N) is 2. The normalized spacial score (nSPS) is 16.2. The third-order valence-corrected chi connectivity index (χ3v) is 5.23. The predicted octanol–water partition coefficient (Wildman–Crippen LogP) is 3.49. The topological polar surface area (TPSA) is 57.5 Å². The molecule has 0 spiro atoms. The molecule has 7 heteroatoms. The van der Waals surface area contributed by atoms with E-state index in [-0.39, 0.29) is 24.0 Å². The molecule has 1 saturated heterocycles. The molecule has 1 unspecified atom stereocenters. The first-order valence-electron chi connectivity index (χ1n) is 10.1. The Morgan fingerprint density at radius 1 is 1.10 bits per heavy atom. The highest BCUT2D eigenvalue weighted by Gasteiger charge is 2.23. The van der Waals surface area contributed by atoms with Crippen LogP contribution in [0.1, 0.15) is 17.5 Å². The van der Waals surface area contributed by atoms with Gasteiger partial charge < -0.3 is 15.5 Å². The number of anilines is 1. The summed E-state index contributed by atoms with van der Waals surface area (Å²) in [5.41, 5.74) is 3.76. The first-order chi connectivity index (χ1) is 14.3. The van der Waals surface area contributed by atoms with Crippen molar-refractivity contribution in [2.75, 3.05) is 25.0 Å². The third-order valence-electron chi connectivity index (χ3n) is 5.23. The molecule has 1 aliphatic rings. The van der Waals surface area contributed by atoms with Crippen molar-refractivity contribution in [3.05, 3.63) is 84.2 Å². The number of hydrogen-bond acceptors (Lipinski definition) is 3. The van der Waals surface area contributed by atoms with E-state index >= 15 is 0 Å². The minimum atomic E-state index is 0. The van der Waals surface area contributed by atoms with Crippen molar-refractivity contribution < 1.29 is 0 Å². The van der Waals surface area contributed by atoms with Crippen LogP contribution in [0.15, 0.2) is 78.0 Å². The van der Waals surface area contributed by atoms with E-state index in [4.69, 9.17) is 0 Å². The van der Waals surface area contributed by atoms with Gasteiger partial charge in [-0.15, -0.1) is 24.0 Å². The molecule has 2 heterocycles. The molecule has 1 fully saturated rings. The van der Waals surface area contributed by atoms with Gasteiger partial charge in [-0.05, 0) is 35.7 Å². The zero-order valence-electron chi connectivity index (χ0n) is 17.2. The first-order valence-corrected chi connectivity index (χ1v) is 10.1. The van der Waals surface area contributed by atoms with Gasteiger partial charge in [0.2, 0.25) is 0 Å². The van der Waals surface area contributed by atoms with E-state index in [1.807, 2.05) is 30.2 Å². The van der Waals surface area contributed by atoms with Gasteiger partial charge in [0.15, 0.2) is 5.96 Å². The van der Waals surface area contributed by atoms with Gasteiger partial charge in [-0.1, -0.05) is 42.5 Å². The number of hydrogen-bond donors (Lipinski definition) is 2. The van der Waals surface area contributed by atoms with Gasteiger partial charge >= 0.3 is 0 Å². The molecule has 0 bridgehead atoms. The standard InChI is InChI=1S/C23H28N6.HI/c1-24-23(27-21-11-14-28(18-21)22-9-3-2-4-10-22)25-16-19-7-5-8-20(15-19)17-29-13-6-12-26-29;/h2-10,12-13,15,21H,11,14,16-18H2,1H3,(H2,24,25,27);1H. The third kappa shape index (κ3) is 5.98. The van der Waals surface area contributed by atoms with Gasteiger partial charge in [0.25, 0.3) is 0 Å². The van der Waals surface area contributed by atoms with E-state index in [9.17, 15) is 0 Å². The Morgan fingerprint density at radius 2 is 1.93 bits per heavy atom. The molecule has 1 aromatic heterocycles. The summed E-state index contributed by atoms with van der Waals surface area (Å²) in [6.45, 7) is 3.57. The van der Waals surface area contributed by atoms with E-state index in [2.05, 4.69) is 80.2 Å². The molecule has 30 heavy (non-hydrogen) atoms. The molecule has 2 N–H and O–H groups in total. The van der Waals surface area contributed by atoms with Crippen LogP contribution in [0.4, 0.5) is 5.69 Å². The molecule has 2 aromatic carbocycles. The Bertz CT molecular complexity index is 926. The Hall–Kier alpha value is -2.55. The zero-order chi connectivity index (χ0) is 19.9. The molecule has 6 nitrogen and oxygen atoms in total. The molecule has 0 aliphatic carbocycles. The van der Waals surface area contributed by atoms with Crippen molar-refractivity contribution >= 4 is 35.6 Å². The number of benzene rings is 2. The lowest BCUT2D eigenvalue weighted by Gasteiger charge is -2.20. The Balaban J connectivity index is 0.00000256. The number of rotatable bonds is 6. The summed E-state index contributed by atoms with van der Waals surface area (Å²) in [6, 6.07) is 21.5. The van der Waals surface area contributed by atoms with E-state index in [0.717, 1.165) is 38.6 Å². The molecule has 4 rings (SSSR count). The maximum atomic E-state index is 4.41. The monoisotopic (exact) mass is 516 g/mol. The van der Waals surface area contributed by atoms with E-state index in [1.54, 1.807) is 0 Å². The summed E-state index contributed by atoms with van der Waals surface area (Å²) < 4.78 is 1.94. The highest BCUT2D eigenvalue weighted by molar-refractivity contribution is 14.0. The van der Waals surface area contributed by atoms with Gasteiger partial charge in [-0.2, -0.15) is 5.10 Å². The fourth-order valence-electron chi connectivity index (χ4n) is 3.74. The summed E-state index contributed by atoms with van der Waals surface area (Å²) in [6.07, 6.45) is 4.90. The zero-order valence-corrected chi connectivity index (χ0v) is 19.6. The summed E-state index contributed by atoms with van der Waals surface area (Å²) >= 11 is 0. The predicted molar refractivity (Wildman–Crippen MR) is 134 cm³/mol. The van der Waals surface area contributed by atoms with E-state index in [0.29, 0.717) is 6.04 Å². The second-order valence-electron chi connectivity index (χ2n) is 7.36. The summed E-state index contributed by atoms with van der Waals surface area (Å²) in [5, 5.41) is 11.3. The maximum absolute atomic E-state index is 4.41. The summed E-state index contributed by atoms with van der Waals surface area (Å²) in [7, 11) is 1.83. The molecular formula is C23H29IN6. The van der Waals surface area contributed by atoms with Gasteiger partial charge in [0.05, 0.1) is 6.54 Å². The lowest BCUT2D eigenvalue weighted by molar-refractivity contribution is 0.648. The second kappa shape index (κ2) is 11.0. The van der Waals surface area contributed by atoms with Crippen LogP contribution in [0.2, 0.25) is 0 Å². The quantitative estimate of drug-likeness (QED) is 0.299. The van der Waals surface area contributed by atoms with Crippen LogP contribution in [0.3, 0.4) is 0 Å². The van der Waals surface area contributed by atoms with Crippen molar-refractivity contribution in [2.45, 2.75) is 25.6 Å². The van der Waals surface area contributed by atoms with Crippen LogP contribution in [-0.2, 0) is 13.1 Å². The molecule has 3 aromatic rings. The number of para-hydroxylation sites is 1. The van der Waals surface area contributed by atoms with Gasteiger partial charge in [0, 0.05) is 50.8 Å². The van der Waals surface area contributed by atoms with Crippen molar-refractivity contribution in [1.82, 2.24) is 20.4 Å². The van der Waals surface area contributed by atoms with Crippen molar-refractivity contribution in [2.24, 2.45) is 4.99 Å². The van der Waals surface area contributed by atoms with E-state index in [1.165, 1.54) is 16.8 Å². The number of aliphatic imine (C=N–C) groups is 1. The number of guanidine groups is 1. The van der Waals surface area contributed by atoms with Crippen molar-refractivity contribution in [3.63, 3.8) is 0 Å². The average molecular weight is 516 g/mol. The fourth-order valence-corrected chi connectivity index (χ4v) is 3.74. The lowest BCUT2D eigenvalue weighted by atomic mass is 10.1. The van der Waals surface area contributed by atoms with Crippen molar-refractivity contribution in [1.29, 1.82) is 0 Å². The SMILES string of the molecule is CN=C(NCc1cccc(Cn2cccn2)c1)NC1CCN(c2ccccc2)C1.I. The molecule has 0 amide bonds. The largest absolute Gasteiger partial charge is 0.369 e. The van der Waals surface area contributed by atoms with Gasteiger partial charge in [-0.3, -0.25) is 9.67 Å². The molecule has 0 saturated carbocycles. The average Bonchev–Trinajstić information content (AvgIpc) is 3.44.